The van der Waals surface area contributed by atoms with Crippen molar-refractivity contribution < 1.29 is 28.1 Å². The van der Waals surface area contributed by atoms with Gasteiger partial charge < -0.3 is 23.5 Å². The minimum Gasteiger partial charge on any atom is -0.494 e. The van der Waals surface area contributed by atoms with Crippen LogP contribution in [-0.2, 0) is 29.2 Å². The monoisotopic (exact) mass is 640 g/mol. The fraction of sp³-hybridized carbons (Fsp3) is 0.406. The number of ether oxygens (including phenoxy) is 4. The molecule has 0 amide bonds. The molecule has 4 heterocycles. The SMILES string of the molecule is COC(=O)c1cc(OC)c2nc(CN3C[C@@H]4C(c5nc(OCc6ccc(Cl)cc6F)ccc5Cl)[C@@H]4C3)n(CC3CCO3)c2c1. The Bertz CT molecular complexity index is 1730. The minimum atomic E-state index is -0.427. The first-order chi connectivity index (χ1) is 21.3. The van der Waals surface area contributed by atoms with Crippen molar-refractivity contribution in [3.05, 3.63) is 81.0 Å². The van der Waals surface area contributed by atoms with Crippen LogP contribution in [0.5, 0.6) is 11.6 Å². The summed E-state index contributed by atoms with van der Waals surface area (Å²) >= 11 is 12.5. The van der Waals surface area contributed by atoms with Crippen molar-refractivity contribution in [2.24, 2.45) is 11.8 Å². The van der Waals surface area contributed by atoms with Crippen molar-refractivity contribution in [2.75, 3.05) is 33.9 Å². The standard InChI is InChI=1S/C32H31Cl2FN4O5/c1-41-26-10-18(32(40)42-2)9-25-31(26)36-27(39(25)12-20-7-8-43-20)15-38-13-21-22(14-38)29(21)30-23(34)5-6-28(37-30)44-16-17-3-4-19(33)11-24(17)35/h3-6,9-11,20-22,29H,7-8,12-16H2,1-2H3/t20?,21-,22+,29?. The van der Waals surface area contributed by atoms with Gasteiger partial charge >= 0.3 is 5.97 Å². The van der Waals surface area contributed by atoms with E-state index in [0.717, 1.165) is 43.2 Å². The Hall–Kier alpha value is -3.44. The van der Waals surface area contributed by atoms with Crippen LogP contribution in [-0.4, -0.2) is 65.4 Å². The van der Waals surface area contributed by atoms with Crippen molar-refractivity contribution >= 4 is 40.2 Å². The van der Waals surface area contributed by atoms with Crippen molar-refractivity contribution in [3.8, 4) is 11.6 Å². The topological polar surface area (TPSA) is 87.9 Å². The van der Waals surface area contributed by atoms with Gasteiger partial charge in [-0.3, -0.25) is 4.90 Å². The second-order valence-corrected chi connectivity index (χ2v) is 12.4. The number of hydrogen-bond acceptors (Lipinski definition) is 8. The molecule has 12 heteroatoms. The van der Waals surface area contributed by atoms with Crippen LogP contribution in [0, 0.1) is 17.7 Å². The van der Waals surface area contributed by atoms with Gasteiger partial charge in [0.25, 0.3) is 0 Å². The van der Waals surface area contributed by atoms with Crippen LogP contribution < -0.4 is 9.47 Å². The zero-order valence-electron chi connectivity index (χ0n) is 24.3. The number of piperidine rings is 1. The maximum absolute atomic E-state index is 14.2. The van der Waals surface area contributed by atoms with E-state index in [4.69, 9.17) is 52.1 Å². The van der Waals surface area contributed by atoms with Crippen molar-refractivity contribution in [2.45, 2.75) is 38.1 Å². The van der Waals surface area contributed by atoms with E-state index in [1.807, 2.05) is 6.07 Å². The summed E-state index contributed by atoms with van der Waals surface area (Å²) in [6.45, 7) is 3.84. The predicted molar refractivity (Wildman–Crippen MR) is 162 cm³/mol. The number of imidazole rings is 1. The summed E-state index contributed by atoms with van der Waals surface area (Å²) < 4.78 is 38.5. The first-order valence-electron chi connectivity index (χ1n) is 14.6. The van der Waals surface area contributed by atoms with Crippen LogP contribution >= 0.6 is 23.2 Å². The molecule has 2 unspecified atom stereocenters. The molecular weight excluding hydrogens is 610 g/mol. The minimum absolute atomic E-state index is 0.0428. The van der Waals surface area contributed by atoms with Crippen LogP contribution in [0.4, 0.5) is 4.39 Å². The normalized spacial score (nSPS) is 22.5. The highest BCUT2D eigenvalue weighted by atomic mass is 35.5. The Labute approximate surface area is 263 Å². The number of rotatable bonds is 10. The Kier molecular flexibility index (Phi) is 7.86. The van der Waals surface area contributed by atoms with Crippen LogP contribution in [0.25, 0.3) is 11.0 Å². The molecule has 2 aromatic heterocycles. The molecule has 1 aliphatic carbocycles. The molecule has 7 rings (SSSR count). The third-order valence-electron chi connectivity index (χ3n) is 8.91. The Morgan fingerprint density at radius 2 is 1.89 bits per heavy atom. The molecule has 3 fully saturated rings. The van der Waals surface area contributed by atoms with E-state index < -0.39 is 11.8 Å². The molecule has 1 saturated carbocycles. The van der Waals surface area contributed by atoms with E-state index >= 15 is 0 Å². The summed E-state index contributed by atoms with van der Waals surface area (Å²) in [5.74, 6) is 2.06. The number of nitrogens with zero attached hydrogens (tertiary/aromatic N) is 4. The van der Waals surface area contributed by atoms with Crippen molar-refractivity contribution in [1.29, 1.82) is 0 Å². The largest absolute Gasteiger partial charge is 0.494 e. The van der Waals surface area contributed by atoms with Gasteiger partial charge in [0.2, 0.25) is 5.88 Å². The Morgan fingerprint density at radius 1 is 1.09 bits per heavy atom. The number of fused-ring (bicyclic) bond motifs is 2. The molecule has 4 atom stereocenters. The number of benzene rings is 2. The lowest BCUT2D eigenvalue weighted by Crippen LogP contribution is -2.33. The molecule has 44 heavy (non-hydrogen) atoms. The molecule has 4 aromatic rings. The molecule has 3 aliphatic rings. The zero-order valence-corrected chi connectivity index (χ0v) is 25.8. The number of carbonyl (C=O) groups is 1. The fourth-order valence-corrected chi connectivity index (χ4v) is 6.87. The number of methoxy groups -OCH3 is 2. The smallest absolute Gasteiger partial charge is 0.338 e. The van der Waals surface area contributed by atoms with Gasteiger partial charge in [-0.25, -0.2) is 19.2 Å². The Morgan fingerprint density at radius 3 is 2.57 bits per heavy atom. The van der Waals surface area contributed by atoms with E-state index in [1.165, 1.54) is 13.2 Å². The van der Waals surface area contributed by atoms with Gasteiger partial charge in [0.1, 0.15) is 29.5 Å². The lowest BCUT2D eigenvalue weighted by Gasteiger charge is -2.28. The maximum Gasteiger partial charge on any atom is 0.338 e. The fourth-order valence-electron chi connectivity index (χ4n) is 6.48. The average molecular weight is 642 g/mol. The summed E-state index contributed by atoms with van der Waals surface area (Å²) in [7, 11) is 2.94. The average Bonchev–Trinajstić information content (AvgIpc) is 3.30. The van der Waals surface area contributed by atoms with Gasteiger partial charge in [0.05, 0.1) is 55.2 Å². The van der Waals surface area contributed by atoms with E-state index in [-0.39, 0.29) is 18.6 Å². The first kappa shape index (κ1) is 29.3. The Balaban J connectivity index is 1.07. The molecule has 0 spiro atoms. The lowest BCUT2D eigenvalue weighted by atomic mass is 10.1. The summed E-state index contributed by atoms with van der Waals surface area (Å²) in [5, 5.41) is 0.946. The van der Waals surface area contributed by atoms with E-state index in [1.54, 1.807) is 37.4 Å². The van der Waals surface area contributed by atoms with Gasteiger partial charge in [0.15, 0.2) is 0 Å². The van der Waals surface area contributed by atoms with Gasteiger partial charge in [-0.05, 0) is 48.6 Å². The molecule has 2 saturated heterocycles. The molecule has 0 bridgehead atoms. The summed E-state index contributed by atoms with van der Waals surface area (Å²) in [6, 6.07) is 11.5. The van der Waals surface area contributed by atoms with Gasteiger partial charge in [-0.15, -0.1) is 0 Å². The van der Waals surface area contributed by atoms with Gasteiger partial charge in [0, 0.05) is 42.3 Å². The first-order valence-corrected chi connectivity index (χ1v) is 15.3. The number of likely N-dealkylation sites (tertiary alicyclic amines) is 1. The third-order valence-corrected chi connectivity index (χ3v) is 9.46. The van der Waals surface area contributed by atoms with Crippen LogP contribution in [0.1, 0.15) is 39.8 Å². The number of halogens is 3. The molecule has 2 aliphatic heterocycles. The molecule has 0 radical (unpaired) electrons. The van der Waals surface area contributed by atoms with Crippen molar-refractivity contribution in [3.63, 3.8) is 0 Å². The molecule has 2 aromatic carbocycles. The molecule has 230 valence electrons. The van der Waals surface area contributed by atoms with Crippen LogP contribution in [0.2, 0.25) is 10.0 Å². The number of pyridine rings is 1. The second kappa shape index (κ2) is 11.8. The summed E-state index contributed by atoms with van der Waals surface area (Å²) in [4.78, 5) is 24.5. The molecule has 0 N–H and O–H groups in total. The maximum atomic E-state index is 14.2. The summed E-state index contributed by atoms with van der Waals surface area (Å²) in [5.41, 5.74) is 3.18. The molecular formula is C32H31Cl2FN4O5. The third kappa shape index (κ3) is 5.49. The van der Waals surface area contributed by atoms with Crippen LogP contribution in [0.15, 0.2) is 42.5 Å². The zero-order chi connectivity index (χ0) is 30.5. The van der Waals surface area contributed by atoms with Crippen LogP contribution in [0.3, 0.4) is 0 Å². The predicted octanol–water partition coefficient (Wildman–Crippen LogP) is 5.89. The number of carbonyl (C=O) groups excluding carboxylic acids is 1. The summed E-state index contributed by atoms with van der Waals surface area (Å²) in [6.07, 6.45) is 1.09. The number of aromatic nitrogens is 3. The highest BCUT2D eigenvalue weighted by molar-refractivity contribution is 6.31. The second-order valence-electron chi connectivity index (χ2n) is 11.5. The quantitative estimate of drug-likeness (QED) is 0.198. The van der Waals surface area contributed by atoms with Gasteiger partial charge in [-0.2, -0.15) is 0 Å². The van der Waals surface area contributed by atoms with E-state index in [0.29, 0.717) is 63.2 Å². The van der Waals surface area contributed by atoms with Gasteiger partial charge in [-0.1, -0.05) is 29.3 Å². The molecule has 9 nitrogen and oxygen atoms in total. The van der Waals surface area contributed by atoms with Crippen molar-refractivity contribution in [1.82, 2.24) is 19.4 Å². The number of esters is 1. The van der Waals surface area contributed by atoms with E-state index in [9.17, 15) is 9.18 Å². The highest BCUT2D eigenvalue weighted by Crippen LogP contribution is 2.59. The lowest BCUT2D eigenvalue weighted by molar-refractivity contribution is -0.0591. The number of hydrogen-bond donors (Lipinski definition) is 0. The highest BCUT2D eigenvalue weighted by Gasteiger charge is 2.57. The van der Waals surface area contributed by atoms with E-state index in [2.05, 4.69) is 9.47 Å².